The largest absolute Gasteiger partial charge is 0.476 e. The van der Waals surface area contributed by atoms with Crippen molar-refractivity contribution in [2.75, 3.05) is 26.1 Å². The summed E-state index contributed by atoms with van der Waals surface area (Å²) < 4.78 is 24.1. The SMILES string of the molecule is C=C1N[C@]2(O)C[C@H](O1)[C@@H](C)[C@@H]1O[C@@]1(C)[C@@H](OC(=O)[C@H](C)N(C)C(C)=O)CC(=O)N(C)c1cc(cc(C)c1Cl)C/C(C)=C/C=C/[C@H]2OC. The van der Waals surface area contributed by atoms with E-state index in [2.05, 4.69) is 11.9 Å². The summed E-state index contributed by atoms with van der Waals surface area (Å²) in [5.41, 5.74) is 0.686. The zero-order chi connectivity index (χ0) is 35.0. The Labute approximate surface area is 282 Å². The number of aryl methyl sites for hydroxylation is 1. The van der Waals surface area contributed by atoms with E-state index in [0.29, 0.717) is 17.1 Å². The number of carbonyl (C=O) groups is 3. The van der Waals surface area contributed by atoms with Gasteiger partial charge in [0.25, 0.3) is 0 Å². The van der Waals surface area contributed by atoms with Crippen LogP contribution in [0.3, 0.4) is 0 Å². The van der Waals surface area contributed by atoms with E-state index in [1.165, 1.54) is 30.9 Å². The molecule has 0 unspecified atom stereocenters. The molecule has 0 saturated carbocycles. The van der Waals surface area contributed by atoms with Crippen LogP contribution in [0.5, 0.6) is 0 Å². The van der Waals surface area contributed by atoms with Crippen molar-refractivity contribution < 1.29 is 38.4 Å². The van der Waals surface area contributed by atoms with Crippen LogP contribution in [0, 0.1) is 12.8 Å². The molecule has 0 radical (unpaired) electrons. The van der Waals surface area contributed by atoms with Gasteiger partial charge in [0.2, 0.25) is 11.8 Å². The van der Waals surface area contributed by atoms with Gasteiger partial charge in [0, 0.05) is 40.5 Å². The fraction of sp³-hybridized carbons (Fsp3) is 0.571. The summed E-state index contributed by atoms with van der Waals surface area (Å²) in [5.74, 6) is -1.47. The maximum Gasteiger partial charge on any atom is 0.328 e. The summed E-state index contributed by atoms with van der Waals surface area (Å²) in [7, 11) is 4.67. The topological polar surface area (TPSA) is 130 Å². The second-order valence-electron chi connectivity index (χ2n) is 13.3. The Hall–Kier alpha value is -3.38. The molecular weight excluding hydrogens is 626 g/mol. The van der Waals surface area contributed by atoms with Crippen molar-refractivity contribution in [3.63, 3.8) is 0 Å². The van der Waals surface area contributed by atoms with Gasteiger partial charge in [-0.25, -0.2) is 4.79 Å². The van der Waals surface area contributed by atoms with Crippen molar-refractivity contribution in [3.8, 4) is 0 Å². The lowest BCUT2D eigenvalue weighted by molar-refractivity contribution is -0.161. The summed E-state index contributed by atoms with van der Waals surface area (Å²) in [6.45, 7) is 14.4. The summed E-state index contributed by atoms with van der Waals surface area (Å²) in [5, 5.41) is 15.2. The zero-order valence-corrected chi connectivity index (χ0v) is 29.5. The monoisotopic (exact) mass is 673 g/mol. The number of nitrogens with zero attached hydrogens (tertiary/aromatic N) is 2. The Morgan fingerprint density at radius 1 is 1.30 bits per heavy atom. The van der Waals surface area contributed by atoms with Crippen molar-refractivity contribution >= 4 is 35.1 Å². The molecule has 11 nitrogen and oxygen atoms in total. The Morgan fingerprint density at radius 3 is 2.62 bits per heavy atom. The molecule has 258 valence electrons. The van der Waals surface area contributed by atoms with Gasteiger partial charge in [-0.1, -0.05) is 48.4 Å². The summed E-state index contributed by atoms with van der Waals surface area (Å²) in [6, 6.07) is 2.96. The number of fused-ring (bicyclic) bond motifs is 5. The maximum atomic E-state index is 13.9. The number of ether oxygens (including phenoxy) is 4. The standard InChI is InChI=1S/C35H48ClN3O8/c1-19-12-11-13-28(44-10)35(43)18-27(45-23(5)37-35)21(3)32-34(7,47-32)29(46-33(42)22(4)38(8)24(6)40)17-30(41)39(9)26-16-25(14-19)15-20(2)31(26)36/h11-13,15-16,21-22,27-29,32,37,43H,5,14,17-18H2,1-4,6-10H3/b13-11+,19-12+/t21-,22+,27+,28-,29+,32+,34+,35+/m1/s1. The molecule has 8 atom stereocenters. The highest BCUT2D eigenvalue weighted by Gasteiger charge is 2.64. The molecule has 1 aromatic carbocycles. The third-order valence-corrected chi connectivity index (χ3v) is 10.2. The fourth-order valence-corrected chi connectivity index (χ4v) is 6.66. The Bertz CT molecular complexity index is 1480. The van der Waals surface area contributed by atoms with Crippen LogP contribution in [0.4, 0.5) is 5.69 Å². The lowest BCUT2D eigenvalue weighted by atomic mass is 9.83. The normalized spacial score (nSPS) is 33.7. The third kappa shape index (κ3) is 7.69. The van der Waals surface area contributed by atoms with E-state index in [1.54, 1.807) is 27.0 Å². The lowest BCUT2D eigenvalue weighted by Crippen LogP contribution is -2.60. The molecule has 2 N–H and O–H groups in total. The van der Waals surface area contributed by atoms with Crippen molar-refractivity contribution in [1.82, 2.24) is 10.2 Å². The molecule has 3 heterocycles. The van der Waals surface area contributed by atoms with Gasteiger partial charge in [-0.15, -0.1) is 0 Å². The van der Waals surface area contributed by atoms with Crippen LogP contribution in [0.2, 0.25) is 5.02 Å². The van der Waals surface area contributed by atoms with Gasteiger partial charge in [-0.2, -0.15) is 0 Å². The molecule has 0 spiro atoms. The average molecular weight is 674 g/mol. The highest BCUT2D eigenvalue weighted by Crippen LogP contribution is 2.49. The Balaban J connectivity index is 1.78. The molecule has 0 aromatic heterocycles. The Kier molecular flexibility index (Phi) is 10.9. The molecule has 4 bridgehead atoms. The van der Waals surface area contributed by atoms with Gasteiger partial charge in [0.05, 0.1) is 23.2 Å². The van der Waals surface area contributed by atoms with Crippen LogP contribution < -0.4 is 10.2 Å². The fourth-order valence-electron chi connectivity index (χ4n) is 6.42. The van der Waals surface area contributed by atoms with E-state index in [-0.39, 0.29) is 36.5 Å². The van der Waals surface area contributed by atoms with Gasteiger partial charge >= 0.3 is 5.97 Å². The number of methoxy groups -OCH3 is 1. The van der Waals surface area contributed by atoms with E-state index >= 15 is 0 Å². The smallest absolute Gasteiger partial charge is 0.328 e. The molecule has 0 aliphatic carbocycles. The van der Waals surface area contributed by atoms with Crippen molar-refractivity contribution in [2.45, 2.75) is 103 Å². The summed E-state index contributed by atoms with van der Waals surface area (Å²) in [6.07, 6.45) is 3.22. The summed E-state index contributed by atoms with van der Waals surface area (Å²) in [4.78, 5) is 42.1. The second kappa shape index (κ2) is 14.0. The van der Waals surface area contributed by atoms with Gasteiger partial charge in [0.1, 0.15) is 30.0 Å². The molecule has 4 rings (SSSR count). The minimum absolute atomic E-state index is 0.130. The molecule has 2 saturated heterocycles. The molecular formula is C35H48ClN3O8. The van der Waals surface area contributed by atoms with Crippen LogP contribution in [-0.2, 0) is 39.8 Å². The van der Waals surface area contributed by atoms with Crippen molar-refractivity contribution in [3.05, 3.63) is 64.5 Å². The summed E-state index contributed by atoms with van der Waals surface area (Å²) >= 11 is 6.74. The number of epoxide rings is 1. The van der Waals surface area contributed by atoms with E-state index in [0.717, 1.165) is 16.7 Å². The lowest BCUT2D eigenvalue weighted by Gasteiger charge is -2.44. The maximum absolute atomic E-state index is 13.9. The van der Waals surface area contributed by atoms with Crippen LogP contribution in [0.25, 0.3) is 0 Å². The van der Waals surface area contributed by atoms with Gasteiger partial charge in [-0.3, -0.25) is 9.59 Å². The molecule has 1 aromatic rings. The minimum atomic E-state index is -1.55. The zero-order valence-electron chi connectivity index (χ0n) is 28.8. The first kappa shape index (κ1) is 36.5. The van der Waals surface area contributed by atoms with Crippen LogP contribution in [0.15, 0.2) is 48.4 Å². The highest BCUT2D eigenvalue weighted by atomic mass is 35.5. The highest BCUT2D eigenvalue weighted by molar-refractivity contribution is 6.34. The second-order valence-corrected chi connectivity index (χ2v) is 13.7. The average Bonchev–Trinajstić information content (AvgIpc) is 3.70. The molecule has 3 aliphatic rings. The van der Waals surface area contributed by atoms with E-state index in [4.69, 9.17) is 30.5 Å². The first-order chi connectivity index (χ1) is 21.9. The Morgan fingerprint density at radius 2 is 1.98 bits per heavy atom. The van der Waals surface area contributed by atoms with Gasteiger partial charge in [0.15, 0.2) is 11.6 Å². The van der Waals surface area contributed by atoms with Crippen molar-refractivity contribution in [2.24, 2.45) is 5.92 Å². The molecule has 47 heavy (non-hydrogen) atoms. The third-order valence-electron chi connectivity index (χ3n) is 9.70. The van der Waals surface area contributed by atoms with E-state index in [1.807, 2.05) is 45.1 Å². The van der Waals surface area contributed by atoms with E-state index < -0.39 is 47.8 Å². The number of likely N-dealkylation sites (N-methyl/N-ethyl adjacent to an activating group) is 1. The number of hydrogen-bond donors (Lipinski definition) is 2. The number of allylic oxidation sites excluding steroid dienone is 3. The van der Waals surface area contributed by atoms with Gasteiger partial charge in [-0.05, 0) is 57.9 Å². The molecule has 2 fully saturated rings. The first-order valence-electron chi connectivity index (χ1n) is 15.8. The number of rotatable bonds is 4. The number of anilines is 1. The quantitative estimate of drug-likeness (QED) is 0.357. The number of halogens is 1. The van der Waals surface area contributed by atoms with E-state index in [9.17, 15) is 19.5 Å². The number of aliphatic hydroxyl groups is 1. The number of amides is 2. The van der Waals surface area contributed by atoms with Gasteiger partial charge < -0.3 is 39.2 Å². The van der Waals surface area contributed by atoms with Crippen LogP contribution in [-0.4, -0.2) is 90.8 Å². The number of benzene rings is 1. The minimum Gasteiger partial charge on any atom is -0.476 e. The van der Waals surface area contributed by atoms with Crippen LogP contribution >= 0.6 is 11.6 Å². The molecule has 2 amide bonds. The predicted molar refractivity (Wildman–Crippen MR) is 179 cm³/mol. The number of carbonyl (C=O) groups excluding carboxylic acids is 3. The van der Waals surface area contributed by atoms with Crippen molar-refractivity contribution in [1.29, 1.82) is 0 Å². The van der Waals surface area contributed by atoms with Crippen LogP contribution in [0.1, 0.15) is 58.6 Å². The molecule has 12 heteroatoms. The first-order valence-corrected chi connectivity index (χ1v) is 16.2. The number of esters is 1. The molecule has 3 aliphatic heterocycles. The number of nitrogens with one attached hydrogen (secondary N) is 1. The number of hydrogen-bond acceptors (Lipinski definition) is 9. The predicted octanol–water partition coefficient (Wildman–Crippen LogP) is 4.19.